The summed E-state index contributed by atoms with van der Waals surface area (Å²) in [5, 5.41) is 8.01. The molecule has 0 radical (unpaired) electrons. The molecule has 1 aromatic carbocycles. The molecule has 2 rings (SSSR count). The Morgan fingerprint density at radius 1 is 1.15 bits per heavy atom. The van der Waals surface area contributed by atoms with Gasteiger partial charge >= 0.3 is 0 Å². The van der Waals surface area contributed by atoms with Crippen molar-refractivity contribution in [3.8, 4) is 5.69 Å². The summed E-state index contributed by atoms with van der Waals surface area (Å²) in [5.41, 5.74) is 6.24. The molecule has 0 aliphatic carbocycles. The fourth-order valence-electron chi connectivity index (χ4n) is 2.23. The molecule has 0 amide bonds. The van der Waals surface area contributed by atoms with E-state index in [0.717, 1.165) is 18.8 Å². The molecule has 1 aromatic heterocycles. The molecule has 0 bridgehead atoms. The van der Waals surface area contributed by atoms with E-state index in [1.807, 2.05) is 10.9 Å². The molecule has 1 heterocycles. The molecule has 0 atom stereocenters. The first-order valence-electron chi connectivity index (χ1n) is 7.31. The summed E-state index contributed by atoms with van der Waals surface area (Å²) in [4.78, 5) is 0. The molecule has 108 valence electrons. The third-order valence-electron chi connectivity index (χ3n) is 3.71. The largest absolute Gasteiger partial charge is 0.312 e. The highest BCUT2D eigenvalue weighted by Gasteiger charge is 2.08. The molecule has 20 heavy (non-hydrogen) atoms. The minimum absolute atomic E-state index is 0.671. The van der Waals surface area contributed by atoms with Crippen LogP contribution >= 0.6 is 0 Å². The molecule has 0 saturated heterocycles. The van der Waals surface area contributed by atoms with Gasteiger partial charge in [0, 0.05) is 17.8 Å². The first kappa shape index (κ1) is 14.8. The normalized spacial score (nSPS) is 11.3. The van der Waals surface area contributed by atoms with Crippen molar-refractivity contribution in [3.05, 3.63) is 46.8 Å². The zero-order chi connectivity index (χ0) is 14.7. The zero-order valence-electron chi connectivity index (χ0n) is 13.2. The summed E-state index contributed by atoms with van der Waals surface area (Å²) in [6.07, 6.45) is 1.97. The monoisotopic (exact) mass is 271 g/mol. The molecule has 0 fully saturated rings. The third-order valence-corrected chi connectivity index (χ3v) is 3.71. The second-order valence-corrected chi connectivity index (χ2v) is 5.96. The van der Waals surface area contributed by atoms with Crippen molar-refractivity contribution in [2.75, 3.05) is 6.54 Å². The van der Waals surface area contributed by atoms with E-state index in [2.05, 4.69) is 63.2 Å². The van der Waals surface area contributed by atoms with Gasteiger partial charge in [-0.1, -0.05) is 19.9 Å². The lowest BCUT2D eigenvalue weighted by Crippen LogP contribution is -2.19. The molecule has 1 N–H and O–H groups in total. The topological polar surface area (TPSA) is 29.9 Å². The molecule has 0 saturated carbocycles. The Labute approximate surface area is 122 Å². The highest BCUT2D eigenvalue weighted by Crippen LogP contribution is 2.17. The van der Waals surface area contributed by atoms with Gasteiger partial charge in [-0.3, -0.25) is 0 Å². The zero-order valence-corrected chi connectivity index (χ0v) is 13.2. The number of nitrogens with zero attached hydrogens (tertiary/aromatic N) is 2. The lowest BCUT2D eigenvalue weighted by molar-refractivity contribution is 0.551. The first-order chi connectivity index (χ1) is 9.49. The van der Waals surface area contributed by atoms with E-state index < -0.39 is 0 Å². The van der Waals surface area contributed by atoms with E-state index in [0.29, 0.717) is 5.92 Å². The van der Waals surface area contributed by atoms with Gasteiger partial charge in [0.15, 0.2) is 0 Å². The predicted molar refractivity (Wildman–Crippen MR) is 84.3 cm³/mol. The molecule has 3 nitrogen and oxygen atoms in total. The summed E-state index contributed by atoms with van der Waals surface area (Å²) in [6, 6.07) is 6.48. The molecule has 3 heteroatoms. The van der Waals surface area contributed by atoms with Gasteiger partial charge in [0.05, 0.1) is 11.9 Å². The number of hydrogen-bond donors (Lipinski definition) is 1. The maximum absolute atomic E-state index is 4.53. The molecular formula is C17H25N3. The van der Waals surface area contributed by atoms with E-state index in [4.69, 9.17) is 0 Å². The Bertz CT molecular complexity index is 582. The molecule has 0 spiro atoms. The summed E-state index contributed by atoms with van der Waals surface area (Å²) in [6.45, 7) is 12.8. The summed E-state index contributed by atoms with van der Waals surface area (Å²) < 4.78 is 2.03. The van der Waals surface area contributed by atoms with Crippen molar-refractivity contribution in [3.63, 3.8) is 0 Å². The van der Waals surface area contributed by atoms with Crippen molar-refractivity contribution in [2.24, 2.45) is 5.92 Å². The van der Waals surface area contributed by atoms with Crippen LogP contribution in [0, 0.1) is 26.7 Å². The maximum atomic E-state index is 4.53. The van der Waals surface area contributed by atoms with Crippen LogP contribution in [0.2, 0.25) is 0 Å². The summed E-state index contributed by atoms with van der Waals surface area (Å²) >= 11 is 0. The Balaban J connectivity index is 2.17. The van der Waals surface area contributed by atoms with Crippen molar-refractivity contribution in [1.29, 1.82) is 0 Å². The lowest BCUT2D eigenvalue weighted by Gasteiger charge is -2.09. The van der Waals surface area contributed by atoms with Gasteiger partial charge in [-0.15, -0.1) is 0 Å². The van der Waals surface area contributed by atoms with E-state index in [1.54, 1.807) is 0 Å². The minimum Gasteiger partial charge on any atom is -0.312 e. The van der Waals surface area contributed by atoms with Crippen LogP contribution in [0.5, 0.6) is 0 Å². The fraction of sp³-hybridized carbons (Fsp3) is 0.471. The molecule has 0 aliphatic rings. The number of rotatable bonds is 5. The average Bonchev–Trinajstić information content (AvgIpc) is 2.74. The van der Waals surface area contributed by atoms with Gasteiger partial charge < -0.3 is 5.32 Å². The highest BCUT2D eigenvalue weighted by molar-refractivity contribution is 5.41. The number of aryl methyl sites for hydroxylation is 2. The van der Waals surface area contributed by atoms with Crippen LogP contribution < -0.4 is 5.32 Å². The number of hydrogen-bond acceptors (Lipinski definition) is 2. The first-order valence-corrected chi connectivity index (χ1v) is 7.31. The van der Waals surface area contributed by atoms with E-state index >= 15 is 0 Å². The smallest absolute Gasteiger partial charge is 0.0651 e. The maximum Gasteiger partial charge on any atom is 0.0651 e. The van der Waals surface area contributed by atoms with Crippen molar-refractivity contribution in [1.82, 2.24) is 15.1 Å². The van der Waals surface area contributed by atoms with Gasteiger partial charge in [0.25, 0.3) is 0 Å². The predicted octanol–water partition coefficient (Wildman–Crippen LogP) is 3.54. The van der Waals surface area contributed by atoms with Crippen molar-refractivity contribution in [2.45, 2.75) is 41.2 Å². The van der Waals surface area contributed by atoms with Gasteiger partial charge in [-0.05, 0) is 56.5 Å². The van der Waals surface area contributed by atoms with Crippen LogP contribution in [0.1, 0.15) is 36.2 Å². The van der Waals surface area contributed by atoms with E-state index in [-0.39, 0.29) is 0 Å². The average molecular weight is 271 g/mol. The molecule has 0 aliphatic heterocycles. The van der Waals surface area contributed by atoms with Gasteiger partial charge in [0.1, 0.15) is 0 Å². The summed E-state index contributed by atoms with van der Waals surface area (Å²) in [5.74, 6) is 0.671. The van der Waals surface area contributed by atoms with Gasteiger partial charge in [-0.25, -0.2) is 4.68 Å². The Morgan fingerprint density at radius 3 is 2.55 bits per heavy atom. The van der Waals surface area contributed by atoms with Crippen LogP contribution in [-0.2, 0) is 6.54 Å². The van der Waals surface area contributed by atoms with Gasteiger partial charge in [0.2, 0.25) is 0 Å². The van der Waals surface area contributed by atoms with Crippen LogP contribution in [0.3, 0.4) is 0 Å². The Hall–Kier alpha value is -1.61. The van der Waals surface area contributed by atoms with Crippen molar-refractivity contribution >= 4 is 0 Å². The lowest BCUT2D eigenvalue weighted by atomic mass is 10.1. The molecule has 0 unspecified atom stereocenters. The van der Waals surface area contributed by atoms with E-state index in [9.17, 15) is 0 Å². The van der Waals surface area contributed by atoms with Crippen molar-refractivity contribution < 1.29 is 0 Å². The van der Waals surface area contributed by atoms with Crippen LogP contribution in [0.25, 0.3) is 5.69 Å². The standard InChI is InChI=1S/C17H25N3/c1-12(2)9-18-10-16-11-19-20(15(16)5)17-7-6-13(3)14(4)8-17/h6-8,11-12,18H,9-10H2,1-5H3. The Kier molecular flexibility index (Phi) is 4.61. The van der Waals surface area contributed by atoms with E-state index in [1.165, 1.54) is 22.4 Å². The van der Waals surface area contributed by atoms with Gasteiger partial charge in [-0.2, -0.15) is 5.10 Å². The van der Waals surface area contributed by atoms with Crippen LogP contribution in [-0.4, -0.2) is 16.3 Å². The molecule has 2 aromatic rings. The number of aromatic nitrogens is 2. The SMILES string of the molecule is Cc1ccc(-n2ncc(CNCC(C)C)c2C)cc1C. The highest BCUT2D eigenvalue weighted by atomic mass is 15.3. The molecular weight excluding hydrogens is 246 g/mol. The Morgan fingerprint density at radius 2 is 1.90 bits per heavy atom. The second kappa shape index (κ2) is 6.23. The van der Waals surface area contributed by atoms with Crippen LogP contribution in [0.15, 0.2) is 24.4 Å². The summed E-state index contributed by atoms with van der Waals surface area (Å²) in [7, 11) is 0. The third kappa shape index (κ3) is 3.28. The van der Waals surface area contributed by atoms with Crippen LogP contribution in [0.4, 0.5) is 0 Å². The quantitative estimate of drug-likeness (QED) is 0.901. The second-order valence-electron chi connectivity index (χ2n) is 5.96. The number of benzene rings is 1. The number of nitrogens with one attached hydrogen (secondary N) is 1. The minimum atomic E-state index is 0.671. The fourth-order valence-corrected chi connectivity index (χ4v) is 2.23.